The van der Waals surface area contributed by atoms with Crippen LogP contribution in [-0.4, -0.2) is 26.3 Å². The van der Waals surface area contributed by atoms with E-state index >= 15 is 0 Å². The Morgan fingerprint density at radius 2 is 1.81 bits per heavy atom. The van der Waals surface area contributed by atoms with E-state index in [9.17, 15) is 4.79 Å². The highest BCUT2D eigenvalue weighted by atomic mass is 16.5. The van der Waals surface area contributed by atoms with Gasteiger partial charge in [-0.2, -0.15) is 0 Å². The van der Waals surface area contributed by atoms with Gasteiger partial charge in [0.1, 0.15) is 0 Å². The molecule has 96 valence electrons. The molecule has 0 unspecified atom stereocenters. The van der Waals surface area contributed by atoms with Gasteiger partial charge in [0.2, 0.25) is 0 Å². The van der Waals surface area contributed by atoms with Gasteiger partial charge in [-0.3, -0.25) is 0 Å². The Morgan fingerprint density at radius 1 is 1.25 bits per heavy atom. The third kappa shape index (κ3) is 15.3. The molecule has 0 spiro atoms. The highest BCUT2D eigenvalue weighted by molar-refractivity contribution is 5.67. The highest BCUT2D eigenvalue weighted by Crippen LogP contribution is 1.86. The van der Waals surface area contributed by atoms with Gasteiger partial charge in [-0.25, -0.2) is 4.79 Å². The van der Waals surface area contributed by atoms with Crippen LogP contribution in [0, 0.1) is 0 Å². The predicted octanol–water partition coefficient (Wildman–Crippen LogP) is 2.66. The van der Waals surface area contributed by atoms with Crippen LogP contribution >= 0.6 is 0 Å². The lowest BCUT2D eigenvalue weighted by Crippen LogP contribution is -2.29. The topological polar surface area (TPSA) is 50.4 Å². The molecule has 2 N–H and O–H groups in total. The summed E-state index contributed by atoms with van der Waals surface area (Å²) in [6.07, 6.45) is 3.07. The molecule has 0 bridgehead atoms. The minimum atomic E-state index is -0.432. The fourth-order valence-corrected chi connectivity index (χ4v) is 0.755. The molecule has 16 heavy (non-hydrogen) atoms. The SMILES string of the molecule is C=C(CNC(=O)OC)NCCCC.CCC. The van der Waals surface area contributed by atoms with Crippen molar-refractivity contribution in [1.29, 1.82) is 0 Å². The molecule has 0 aromatic heterocycles. The van der Waals surface area contributed by atoms with Crippen LogP contribution in [0.1, 0.15) is 40.0 Å². The van der Waals surface area contributed by atoms with Gasteiger partial charge >= 0.3 is 6.09 Å². The monoisotopic (exact) mass is 230 g/mol. The minimum Gasteiger partial charge on any atom is -0.453 e. The Balaban J connectivity index is 0. The lowest BCUT2D eigenvalue weighted by Gasteiger charge is -2.09. The van der Waals surface area contributed by atoms with Crippen LogP contribution in [-0.2, 0) is 4.74 Å². The molecule has 0 aliphatic heterocycles. The summed E-state index contributed by atoms with van der Waals surface area (Å²) in [4.78, 5) is 10.6. The second kappa shape index (κ2) is 13.8. The molecule has 0 aromatic rings. The molecule has 1 amide bonds. The van der Waals surface area contributed by atoms with E-state index in [-0.39, 0.29) is 0 Å². The van der Waals surface area contributed by atoms with Crippen molar-refractivity contribution in [3.05, 3.63) is 12.3 Å². The van der Waals surface area contributed by atoms with Gasteiger partial charge in [-0.1, -0.05) is 40.2 Å². The number of ether oxygens (including phenoxy) is 1. The van der Waals surface area contributed by atoms with E-state index < -0.39 is 6.09 Å². The first-order valence-corrected chi connectivity index (χ1v) is 5.85. The summed E-state index contributed by atoms with van der Waals surface area (Å²) in [5, 5.41) is 5.63. The first-order valence-electron chi connectivity index (χ1n) is 5.85. The quantitative estimate of drug-likeness (QED) is 0.690. The molecular formula is C12H26N2O2. The van der Waals surface area contributed by atoms with Crippen molar-refractivity contribution in [2.24, 2.45) is 0 Å². The molecule has 0 saturated heterocycles. The third-order valence-corrected chi connectivity index (χ3v) is 1.54. The number of rotatable bonds is 6. The van der Waals surface area contributed by atoms with Crippen LogP contribution in [0.25, 0.3) is 0 Å². The van der Waals surface area contributed by atoms with Crippen molar-refractivity contribution in [1.82, 2.24) is 10.6 Å². The summed E-state index contributed by atoms with van der Waals surface area (Å²) >= 11 is 0. The van der Waals surface area contributed by atoms with Gasteiger partial charge in [0, 0.05) is 12.2 Å². The number of carbonyl (C=O) groups is 1. The maximum atomic E-state index is 10.6. The van der Waals surface area contributed by atoms with Crippen LogP contribution in [0.15, 0.2) is 12.3 Å². The van der Waals surface area contributed by atoms with E-state index in [1.54, 1.807) is 0 Å². The van der Waals surface area contributed by atoms with Crippen LogP contribution in [0.3, 0.4) is 0 Å². The summed E-state index contributed by atoms with van der Waals surface area (Å²) in [5.41, 5.74) is 0.804. The molecule has 0 aliphatic rings. The van der Waals surface area contributed by atoms with E-state index in [1.807, 2.05) is 0 Å². The average Bonchev–Trinajstić information content (AvgIpc) is 2.27. The van der Waals surface area contributed by atoms with Gasteiger partial charge in [0.25, 0.3) is 0 Å². The Kier molecular flexibility index (Phi) is 14.9. The molecule has 0 rings (SSSR count). The number of methoxy groups -OCH3 is 1. The van der Waals surface area contributed by atoms with Crippen LogP contribution in [0.2, 0.25) is 0 Å². The van der Waals surface area contributed by atoms with Crippen molar-refractivity contribution in [2.75, 3.05) is 20.2 Å². The number of hydrogen-bond acceptors (Lipinski definition) is 3. The normalized spacial score (nSPS) is 8.50. The average molecular weight is 230 g/mol. The Labute approximate surface area is 99.4 Å². The largest absolute Gasteiger partial charge is 0.453 e. The summed E-state index contributed by atoms with van der Waals surface area (Å²) in [6.45, 7) is 11.4. The summed E-state index contributed by atoms with van der Waals surface area (Å²) in [7, 11) is 1.34. The molecule has 4 heteroatoms. The van der Waals surface area contributed by atoms with Crippen molar-refractivity contribution in [2.45, 2.75) is 40.0 Å². The minimum absolute atomic E-state index is 0.413. The van der Waals surface area contributed by atoms with E-state index in [2.05, 4.69) is 42.7 Å². The van der Waals surface area contributed by atoms with Crippen molar-refractivity contribution in [3.8, 4) is 0 Å². The van der Waals surface area contributed by atoms with Crippen LogP contribution in [0.5, 0.6) is 0 Å². The fraction of sp³-hybridized carbons (Fsp3) is 0.750. The van der Waals surface area contributed by atoms with E-state index in [0.717, 1.165) is 25.1 Å². The molecule has 0 heterocycles. The molecule has 4 nitrogen and oxygen atoms in total. The van der Waals surface area contributed by atoms with Crippen molar-refractivity contribution < 1.29 is 9.53 Å². The van der Waals surface area contributed by atoms with Gasteiger partial charge in [0.15, 0.2) is 0 Å². The van der Waals surface area contributed by atoms with Gasteiger partial charge in [-0.05, 0) is 6.42 Å². The second-order valence-corrected chi connectivity index (χ2v) is 3.44. The number of nitrogens with one attached hydrogen (secondary N) is 2. The zero-order valence-corrected chi connectivity index (χ0v) is 11.1. The summed E-state index contributed by atoms with van der Waals surface area (Å²) < 4.78 is 4.41. The van der Waals surface area contributed by atoms with E-state index in [4.69, 9.17) is 0 Å². The first-order chi connectivity index (χ1) is 7.62. The van der Waals surface area contributed by atoms with Crippen molar-refractivity contribution in [3.63, 3.8) is 0 Å². The number of hydrogen-bond donors (Lipinski definition) is 2. The van der Waals surface area contributed by atoms with Gasteiger partial charge in [0.05, 0.1) is 13.7 Å². The molecule has 0 saturated carbocycles. The number of alkyl carbamates (subject to hydrolysis) is 1. The molecule has 0 aliphatic carbocycles. The standard InChI is InChI=1S/C9H18N2O2.C3H8/c1-4-5-6-10-8(2)7-11-9(12)13-3;1-3-2/h10H,2,4-7H2,1,3H3,(H,11,12);3H2,1-2H3. The van der Waals surface area contributed by atoms with Crippen LogP contribution in [0.4, 0.5) is 4.79 Å². The molecule has 0 atom stereocenters. The number of amides is 1. The highest BCUT2D eigenvalue weighted by Gasteiger charge is 1.98. The predicted molar refractivity (Wildman–Crippen MR) is 68.4 cm³/mol. The number of carbonyl (C=O) groups excluding carboxylic acids is 1. The second-order valence-electron chi connectivity index (χ2n) is 3.44. The summed E-state index contributed by atoms with van der Waals surface area (Å²) in [6, 6.07) is 0. The van der Waals surface area contributed by atoms with E-state index in [1.165, 1.54) is 13.5 Å². The summed E-state index contributed by atoms with van der Waals surface area (Å²) in [5.74, 6) is 0. The number of unbranched alkanes of at least 4 members (excludes halogenated alkanes) is 1. The van der Waals surface area contributed by atoms with Gasteiger partial charge in [-0.15, -0.1) is 0 Å². The Morgan fingerprint density at radius 3 is 2.25 bits per heavy atom. The Bertz CT molecular complexity index is 182. The third-order valence-electron chi connectivity index (χ3n) is 1.54. The van der Waals surface area contributed by atoms with Crippen LogP contribution < -0.4 is 10.6 Å². The van der Waals surface area contributed by atoms with E-state index in [0.29, 0.717) is 6.54 Å². The Hall–Kier alpha value is -1.19. The zero-order valence-electron chi connectivity index (χ0n) is 11.1. The van der Waals surface area contributed by atoms with Gasteiger partial charge < -0.3 is 15.4 Å². The zero-order chi connectivity index (χ0) is 12.8. The molecular weight excluding hydrogens is 204 g/mol. The molecule has 0 aromatic carbocycles. The maximum absolute atomic E-state index is 10.6. The smallest absolute Gasteiger partial charge is 0.407 e. The first kappa shape index (κ1) is 17.2. The molecule has 0 fully saturated rings. The lowest BCUT2D eigenvalue weighted by atomic mass is 10.3. The lowest BCUT2D eigenvalue weighted by molar-refractivity contribution is 0.172. The molecule has 0 radical (unpaired) electrons. The fourth-order valence-electron chi connectivity index (χ4n) is 0.755. The van der Waals surface area contributed by atoms with Crippen molar-refractivity contribution >= 4 is 6.09 Å². The maximum Gasteiger partial charge on any atom is 0.407 e.